The maximum absolute atomic E-state index is 13.4. The van der Waals surface area contributed by atoms with Crippen molar-refractivity contribution in [2.45, 2.75) is 6.92 Å². The molecule has 0 aromatic heterocycles. The number of rotatable bonds is 4. The van der Waals surface area contributed by atoms with Crippen LogP contribution in [0.1, 0.15) is 17.3 Å². The second kappa shape index (κ2) is 6.39. The van der Waals surface area contributed by atoms with Crippen LogP contribution in [-0.4, -0.2) is 31.5 Å². The lowest BCUT2D eigenvalue weighted by molar-refractivity contribution is 0.0827. The minimum Gasteiger partial charge on any atom is -0.493 e. The van der Waals surface area contributed by atoms with Gasteiger partial charge in [0, 0.05) is 25.2 Å². The average Bonchev–Trinajstić information content (AvgIpc) is 2.46. The number of hydrogen-bond acceptors (Lipinski definition) is 2. The van der Waals surface area contributed by atoms with E-state index in [1.807, 2.05) is 13.0 Å². The predicted octanol–water partition coefficient (Wildman–Crippen LogP) is 3.59. The molecule has 0 spiro atoms. The first kappa shape index (κ1) is 15.0. The fourth-order valence-electron chi connectivity index (χ4n) is 2.08. The topological polar surface area (TPSA) is 29.5 Å². The fraction of sp³-hybridized carbons (Fsp3) is 0.235. The van der Waals surface area contributed by atoms with Crippen LogP contribution in [0.4, 0.5) is 4.39 Å². The van der Waals surface area contributed by atoms with Gasteiger partial charge in [0.2, 0.25) is 0 Å². The highest BCUT2D eigenvalue weighted by molar-refractivity contribution is 5.95. The van der Waals surface area contributed by atoms with E-state index in [-0.39, 0.29) is 11.7 Å². The molecule has 0 heterocycles. The highest BCUT2D eigenvalue weighted by atomic mass is 19.1. The highest BCUT2D eigenvalue weighted by Gasteiger charge is 2.13. The monoisotopic (exact) mass is 287 g/mol. The van der Waals surface area contributed by atoms with Crippen molar-refractivity contribution in [3.63, 3.8) is 0 Å². The molecule has 0 N–H and O–H groups in total. The van der Waals surface area contributed by atoms with Crippen molar-refractivity contribution < 1.29 is 13.9 Å². The fourth-order valence-corrected chi connectivity index (χ4v) is 2.08. The third-order valence-corrected chi connectivity index (χ3v) is 3.07. The molecule has 0 aliphatic carbocycles. The van der Waals surface area contributed by atoms with Crippen molar-refractivity contribution in [3.05, 3.63) is 53.8 Å². The smallest absolute Gasteiger partial charge is 0.253 e. The van der Waals surface area contributed by atoms with E-state index in [0.29, 0.717) is 17.9 Å². The molecule has 3 nitrogen and oxygen atoms in total. The van der Waals surface area contributed by atoms with E-state index in [1.165, 1.54) is 17.0 Å². The van der Waals surface area contributed by atoms with Crippen LogP contribution in [0.5, 0.6) is 5.75 Å². The van der Waals surface area contributed by atoms with Gasteiger partial charge < -0.3 is 9.64 Å². The third kappa shape index (κ3) is 3.40. The van der Waals surface area contributed by atoms with E-state index in [1.54, 1.807) is 38.4 Å². The summed E-state index contributed by atoms with van der Waals surface area (Å²) in [6, 6.07) is 11.5. The second-order valence-corrected chi connectivity index (χ2v) is 4.85. The molecule has 0 aliphatic heterocycles. The summed E-state index contributed by atoms with van der Waals surface area (Å²) in [6.45, 7) is 2.34. The Labute approximate surface area is 124 Å². The minimum atomic E-state index is -0.302. The molecule has 0 fully saturated rings. The summed E-state index contributed by atoms with van der Waals surface area (Å²) in [5, 5.41) is 0. The summed E-state index contributed by atoms with van der Waals surface area (Å²) in [5.41, 5.74) is 2.04. The Balaban J connectivity index is 2.49. The van der Waals surface area contributed by atoms with Crippen LogP contribution < -0.4 is 4.74 Å². The second-order valence-electron chi connectivity index (χ2n) is 4.85. The summed E-state index contributed by atoms with van der Waals surface area (Å²) in [5.74, 6) is 0.181. The predicted molar refractivity (Wildman–Crippen MR) is 81.0 cm³/mol. The SMILES string of the molecule is CCOc1cc(C(=O)N(C)C)ccc1-c1cccc(F)c1. The Kier molecular flexibility index (Phi) is 4.58. The molecule has 2 rings (SSSR count). The van der Waals surface area contributed by atoms with Crippen LogP contribution in [-0.2, 0) is 0 Å². The van der Waals surface area contributed by atoms with Gasteiger partial charge in [-0.15, -0.1) is 0 Å². The Morgan fingerprint density at radius 3 is 2.57 bits per heavy atom. The third-order valence-electron chi connectivity index (χ3n) is 3.07. The molecule has 21 heavy (non-hydrogen) atoms. The maximum Gasteiger partial charge on any atom is 0.253 e. The van der Waals surface area contributed by atoms with Gasteiger partial charge in [-0.1, -0.05) is 12.1 Å². The quantitative estimate of drug-likeness (QED) is 0.860. The molecule has 0 atom stereocenters. The normalized spacial score (nSPS) is 10.3. The Bertz CT molecular complexity index is 653. The molecule has 2 aromatic carbocycles. The molecule has 0 saturated heterocycles. The van der Waals surface area contributed by atoms with Crippen LogP contribution in [0.2, 0.25) is 0 Å². The number of halogens is 1. The highest BCUT2D eigenvalue weighted by Crippen LogP contribution is 2.31. The van der Waals surface area contributed by atoms with Crippen LogP contribution >= 0.6 is 0 Å². The van der Waals surface area contributed by atoms with Crippen molar-refractivity contribution >= 4 is 5.91 Å². The van der Waals surface area contributed by atoms with E-state index < -0.39 is 0 Å². The van der Waals surface area contributed by atoms with Crippen LogP contribution in [0, 0.1) is 5.82 Å². The molecule has 0 radical (unpaired) electrons. The Morgan fingerprint density at radius 1 is 1.19 bits per heavy atom. The summed E-state index contributed by atoms with van der Waals surface area (Å²) in [6.07, 6.45) is 0. The van der Waals surface area contributed by atoms with E-state index in [2.05, 4.69) is 0 Å². The van der Waals surface area contributed by atoms with Crippen molar-refractivity contribution in [1.29, 1.82) is 0 Å². The number of carbonyl (C=O) groups excluding carboxylic acids is 1. The molecule has 4 heteroatoms. The van der Waals surface area contributed by atoms with Gasteiger partial charge >= 0.3 is 0 Å². The molecule has 0 saturated carbocycles. The molecule has 0 unspecified atom stereocenters. The average molecular weight is 287 g/mol. The zero-order chi connectivity index (χ0) is 15.4. The van der Waals surface area contributed by atoms with Gasteiger partial charge in [-0.3, -0.25) is 4.79 Å². The van der Waals surface area contributed by atoms with Gasteiger partial charge in [0.05, 0.1) is 6.61 Å². The van der Waals surface area contributed by atoms with Crippen molar-refractivity contribution in [2.75, 3.05) is 20.7 Å². The maximum atomic E-state index is 13.4. The lowest BCUT2D eigenvalue weighted by Crippen LogP contribution is -2.21. The molecular formula is C17H18FNO2. The van der Waals surface area contributed by atoms with E-state index >= 15 is 0 Å². The molecule has 0 bridgehead atoms. The van der Waals surface area contributed by atoms with Gasteiger partial charge in [-0.05, 0) is 42.8 Å². The first-order chi connectivity index (χ1) is 10.0. The van der Waals surface area contributed by atoms with Gasteiger partial charge in [0.25, 0.3) is 5.91 Å². The van der Waals surface area contributed by atoms with Crippen molar-refractivity contribution in [3.8, 4) is 16.9 Å². The Hall–Kier alpha value is -2.36. The number of carbonyl (C=O) groups is 1. The van der Waals surface area contributed by atoms with E-state index in [4.69, 9.17) is 4.74 Å². The van der Waals surface area contributed by atoms with Gasteiger partial charge in [0.1, 0.15) is 11.6 Å². The molecular weight excluding hydrogens is 269 g/mol. The van der Waals surface area contributed by atoms with Crippen molar-refractivity contribution in [2.24, 2.45) is 0 Å². The first-order valence-corrected chi connectivity index (χ1v) is 6.77. The van der Waals surface area contributed by atoms with Crippen LogP contribution in [0.15, 0.2) is 42.5 Å². The number of hydrogen-bond donors (Lipinski definition) is 0. The largest absolute Gasteiger partial charge is 0.493 e. The number of nitrogens with zero attached hydrogens (tertiary/aromatic N) is 1. The van der Waals surface area contributed by atoms with Gasteiger partial charge in [-0.2, -0.15) is 0 Å². The van der Waals surface area contributed by atoms with Crippen LogP contribution in [0.25, 0.3) is 11.1 Å². The number of ether oxygens (including phenoxy) is 1. The van der Waals surface area contributed by atoms with E-state index in [0.717, 1.165) is 11.1 Å². The zero-order valence-electron chi connectivity index (χ0n) is 12.4. The zero-order valence-corrected chi connectivity index (χ0v) is 12.4. The standard InChI is InChI=1S/C17H18FNO2/c1-4-21-16-11-13(17(20)19(2)3)8-9-15(16)12-6-5-7-14(18)10-12/h5-11H,4H2,1-3H3. The summed E-state index contributed by atoms with van der Waals surface area (Å²) >= 11 is 0. The minimum absolute atomic E-state index is 0.0956. The van der Waals surface area contributed by atoms with E-state index in [9.17, 15) is 9.18 Å². The van der Waals surface area contributed by atoms with Gasteiger partial charge in [0.15, 0.2) is 0 Å². The van der Waals surface area contributed by atoms with Crippen LogP contribution in [0.3, 0.4) is 0 Å². The summed E-state index contributed by atoms with van der Waals surface area (Å²) < 4.78 is 19.0. The van der Waals surface area contributed by atoms with Gasteiger partial charge in [-0.25, -0.2) is 4.39 Å². The Morgan fingerprint density at radius 2 is 1.95 bits per heavy atom. The lowest BCUT2D eigenvalue weighted by atomic mass is 10.0. The molecule has 0 aliphatic rings. The molecule has 2 aromatic rings. The lowest BCUT2D eigenvalue weighted by Gasteiger charge is -2.15. The summed E-state index contributed by atoms with van der Waals surface area (Å²) in [7, 11) is 3.40. The van der Waals surface area contributed by atoms with Crippen molar-refractivity contribution in [1.82, 2.24) is 4.90 Å². The number of amides is 1. The first-order valence-electron chi connectivity index (χ1n) is 6.77. The molecule has 110 valence electrons. The summed E-state index contributed by atoms with van der Waals surface area (Å²) in [4.78, 5) is 13.5. The number of benzene rings is 2. The molecule has 1 amide bonds.